The van der Waals surface area contributed by atoms with Crippen LogP contribution in [0.4, 0.5) is 0 Å². The number of rotatable bonds is 9. The Morgan fingerprint density at radius 2 is 1.62 bits per heavy atom. The number of benzene rings is 3. The van der Waals surface area contributed by atoms with E-state index >= 15 is 0 Å². The van der Waals surface area contributed by atoms with Crippen LogP contribution >= 0.6 is 0 Å². The van der Waals surface area contributed by atoms with Gasteiger partial charge in [-0.1, -0.05) is 42.5 Å². The number of nitrogens with one attached hydrogen (secondary N) is 1. The number of aryl methyl sites for hydroxylation is 1. The summed E-state index contributed by atoms with van der Waals surface area (Å²) in [5.74, 6) is 1.16. The molecule has 3 heterocycles. The Bertz CT molecular complexity index is 1610. The van der Waals surface area contributed by atoms with Crippen molar-refractivity contribution in [2.75, 3.05) is 13.1 Å². The molecule has 0 aliphatic carbocycles. The van der Waals surface area contributed by atoms with E-state index in [0.29, 0.717) is 30.2 Å². The van der Waals surface area contributed by atoms with Crippen LogP contribution < -0.4 is 4.72 Å². The van der Waals surface area contributed by atoms with Crippen LogP contribution in [0.2, 0.25) is 0 Å². The maximum atomic E-state index is 13.0. The van der Waals surface area contributed by atoms with E-state index in [1.54, 1.807) is 0 Å². The zero-order valence-corrected chi connectivity index (χ0v) is 23.6. The summed E-state index contributed by atoms with van der Waals surface area (Å²) in [6.45, 7) is 3.40. The molecular weight excluding hydrogens is 518 g/mol. The second kappa shape index (κ2) is 11.2. The minimum Gasteiger partial charge on any atom is -0.325 e. The zero-order valence-electron chi connectivity index (χ0n) is 22.8. The van der Waals surface area contributed by atoms with Gasteiger partial charge in [-0.3, -0.25) is 4.90 Å². The molecule has 206 valence electrons. The molecule has 8 heteroatoms. The molecule has 2 fully saturated rings. The third-order valence-electron chi connectivity index (χ3n) is 8.82. The van der Waals surface area contributed by atoms with Gasteiger partial charge in [0.25, 0.3) is 0 Å². The van der Waals surface area contributed by atoms with Gasteiger partial charge in [0.2, 0.25) is 10.0 Å². The average molecular weight is 554 g/mol. The SMILES string of the molecule is Cc1nc2ccccc2n1C1CC2CCC(C1)N2CCC(CNS(=O)(=O)c1ccc(C#N)cc1)c1ccccc1. The highest BCUT2D eigenvalue weighted by atomic mass is 32.2. The van der Waals surface area contributed by atoms with E-state index in [2.05, 4.69) is 57.5 Å². The fourth-order valence-electron chi connectivity index (χ4n) is 6.87. The van der Waals surface area contributed by atoms with E-state index in [0.717, 1.165) is 42.7 Å². The van der Waals surface area contributed by atoms with Gasteiger partial charge < -0.3 is 4.57 Å². The standard InChI is InChI=1S/C32H35N5O2S/c1-23-35-31-9-5-6-10-32(31)37(23)29-19-27-13-14-28(20-29)36(27)18-17-26(25-7-3-2-4-8-25)22-34-40(38,39)30-15-11-24(21-33)12-16-30/h2-12,15-16,26-29,34H,13-14,17-20,22H2,1H3. The fraction of sp³-hybridized carbons (Fsp3) is 0.375. The van der Waals surface area contributed by atoms with E-state index in [-0.39, 0.29) is 10.8 Å². The van der Waals surface area contributed by atoms with Crippen LogP contribution in [0.25, 0.3) is 11.0 Å². The van der Waals surface area contributed by atoms with Gasteiger partial charge in [-0.05, 0) is 93.5 Å². The van der Waals surface area contributed by atoms with Gasteiger partial charge in [0, 0.05) is 24.7 Å². The van der Waals surface area contributed by atoms with E-state index in [9.17, 15) is 8.42 Å². The lowest BCUT2D eigenvalue weighted by Crippen LogP contribution is -2.44. The third kappa shape index (κ3) is 5.29. The summed E-state index contributed by atoms with van der Waals surface area (Å²) in [5, 5.41) is 9.04. The number of piperidine rings is 1. The molecule has 3 atom stereocenters. The monoisotopic (exact) mass is 553 g/mol. The van der Waals surface area contributed by atoms with Crippen LogP contribution in [0, 0.1) is 18.3 Å². The lowest BCUT2D eigenvalue weighted by atomic mass is 9.93. The first-order valence-electron chi connectivity index (χ1n) is 14.2. The predicted molar refractivity (Wildman–Crippen MR) is 156 cm³/mol. The largest absolute Gasteiger partial charge is 0.325 e. The lowest BCUT2D eigenvalue weighted by Gasteiger charge is -2.40. The molecule has 4 aromatic rings. The zero-order chi connectivity index (χ0) is 27.7. The van der Waals surface area contributed by atoms with Crippen molar-refractivity contribution < 1.29 is 8.42 Å². The molecule has 2 aliphatic heterocycles. The summed E-state index contributed by atoms with van der Waals surface area (Å²) < 4.78 is 31.4. The number of nitriles is 1. The van der Waals surface area contributed by atoms with Gasteiger partial charge in [-0.2, -0.15) is 5.26 Å². The van der Waals surface area contributed by atoms with E-state index in [1.165, 1.54) is 42.6 Å². The minimum atomic E-state index is -3.68. The third-order valence-corrected chi connectivity index (χ3v) is 10.3. The Morgan fingerprint density at radius 3 is 2.33 bits per heavy atom. The van der Waals surface area contributed by atoms with E-state index < -0.39 is 10.0 Å². The Balaban J connectivity index is 1.14. The summed E-state index contributed by atoms with van der Waals surface area (Å²) in [6.07, 6.45) is 5.56. The Kier molecular flexibility index (Phi) is 7.45. The highest BCUT2D eigenvalue weighted by Crippen LogP contribution is 2.42. The molecule has 0 saturated carbocycles. The van der Waals surface area contributed by atoms with Gasteiger partial charge in [-0.15, -0.1) is 0 Å². The summed E-state index contributed by atoms with van der Waals surface area (Å²) in [7, 11) is -3.68. The summed E-state index contributed by atoms with van der Waals surface area (Å²) in [6, 6.07) is 28.3. The molecule has 3 unspecified atom stereocenters. The molecular formula is C32H35N5O2S. The number of hydrogen-bond acceptors (Lipinski definition) is 5. The van der Waals surface area contributed by atoms with Crippen LogP contribution in [0.1, 0.15) is 61.0 Å². The molecule has 0 amide bonds. The first-order chi connectivity index (χ1) is 19.4. The van der Waals surface area contributed by atoms with Gasteiger partial charge in [0.05, 0.1) is 27.6 Å². The molecule has 7 nitrogen and oxygen atoms in total. The van der Waals surface area contributed by atoms with Crippen LogP contribution in [-0.4, -0.2) is 48.0 Å². The quantitative estimate of drug-likeness (QED) is 0.294. The van der Waals surface area contributed by atoms with Crippen molar-refractivity contribution in [3.8, 4) is 6.07 Å². The summed E-state index contributed by atoms with van der Waals surface area (Å²) >= 11 is 0. The highest BCUT2D eigenvalue weighted by molar-refractivity contribution is 7.89. The molecule has 0 spiro atoms. The number of nitrogens with zero attached hydrogens (tertiary/aromatic N) is 4. The molecule has 2 aliphatic rings. The average Bonchev–Trinajstić information content (AvgIpc) is 3.43. The van der Waals surface area contributed by atoms with Crippen molar-refractivity contribution >= 4 is 21.1 Å². The molecule has 1 N–H and O–H groups in total. The van der Waals surface area contributed by atoms with Crippen molar-refractivity contribution in [2.24, 2.45) is 0 Å². The molecule has 2 saturated heterocycles. The van der Waals surface area contributed by atoms with Crippen LogP contribution in [0.5, 0.6) is 0 Å². The fourth-order valence-corrected chi connectivity index (χ4v) is 7.95. The summed E-state index contributed by atoms with van der Waals surface area (Å²) in [4.78, 5) is 7.69. The first kappa shape index (κ1) is 26.7. The molecule has 3 aromatic carbocycles. The topological polar surface area (TPSA) is 91.0 Å². The Labute approximate surface area is 236 Å². The first-order valence-corrected chi connectivity index (χ1v) is 15.7. The molecule has 0 radical (unpaired) electrons. The number of sulfonamides is 1. The van der Waals surface area contributed by atoms with Crippen molar-refractivity contribution in [1.82, 2.24) is 19.2 Å². The second-order valence-corrected chi connectivity index (χ2v) is 12.9. The van der Waals surface area contributed by atoms with Crippen molar-refractivity contribution in [3.63, 3.8) is 0 Å². The molecule has 40 heavy (non-hydrogen) atoms. The maximum absolute atomic E-state index is 13.0. The Morgan fingerprint density at radius 1 is 0.950 bits per heavy atom. The van der Waals surface area contributed by atoms with E-state index in [1.807, 2.05) is 24.3 Å². The number of hydrogen-bond donors (Lipinski definition) is 1. The van der Waals surface area contributed by atoms with Crippen LogP contribution in [0.15, 0.2) is 83.8 Å². The number of para-hydroxylation sites is 2. The van der Waals surface area contributed by atoms with Crippen molar-refractivity contribution in [1.29, 1.82) is 5.26 Å². The predicted octanol–water partition coefficient (Wildman–Crippen LogP) is 5.54. The van der Waals surface area contributed by atoms with Crippen molar-refractivity contribution in [2.45, 2.75) is 68.0 Å². The van der Waals surface area contributed by atoms with Gasteiger partial charge >= 0.3 is 0 Å². The Hall–Kier alpha value is -3.51. The van der Waals surface area contributed by atoms with Crippen molar-refractivity contribution in [3.05, 3.63) is 95.8 Å². The smallest absolute Gasteiger partial charge is 0.240 e. The van der Waals surface area contributed by atoms with Gasteiger partial charge in [0.15, 0.2) is 0 Å². The van der Waals surface area contributed by atoms with Crippen LogP contribution in [-0.2, 0) is 10.0 Å². The maximum Gasteiger partial charge on any atom is 0.240 e. The number of aromatic nitrogens is 2. The highest BCUT2D eigenvalue weighted by Gasteiger charge is 2.41. The lowest BCUT2D eigenvalue weighted by molar-refractivity contribution is 0.104. The number of fused-ring (bicyclic) bond motifs is 3. The van der Waals surface area contributed by atoms with Crippen LogP contribution in [0.3, 0.4) is 0 Å². The molecule has 2 bridgehead atoms. The van der Waals surface area contributed by atoms with Gasteiger partial charge in [-0.25, -0.2) is 18.1 Å². The second-order valence-electron chi connectivity index (χ2n) is 11.2. The summed E-state index contributed by atoms with van der Waals surface area (Å²) in [5.41, 5.74) is 3.89. The molecule has 1 aromatic heterocycles. The minimum absolute atomic E-state index is 0.0614. The molecule has 6 rings (SSSR count). The number of imidazole rings is 1. The van der Waals surface area contributed by atoms with Gasteiger partial charge in [0.1, 0.15) is 5.82 Å². The normalized spacial score (nSPS) is 21.9. The van der Waals surface area contributed by atoms with E-state index in [4.69, 9.17) is 10.2 Å².